The van der Waals surface area contributed by atoms with E-state index in [1.54, 1.807) is 5.01 Å². The number of aliphatic hydroxyl groups is 1. The minimum atomic E-state index is -0.480. The monoisotopic (exact) mass is 246 g/mol. The van der Waals surface area contributed by atoms with Crippen molar-refractivity contribution in [2.75, 3.05) is 19.7 Å². The van der Waals surface area contributed by atoms with Crippen LogP contribution in [0.15, 0.2) is 24.3 Å². The van der Waals surface area contributed by atoms with Gasteiger partial charge in [-0.2, -0.15) is 0 Å². The lowest BCUT2D eigenvalue weighted by molar-refractivity contribution is -0.131. The molecule has 0 unspecified atom stereocenters. The molecule has 0 atom stereocenters. The van der Waals surface area contributed by atoms with E-state index < -0.39 is 6.61 Å². The highest BCUT2D eigenvalue weighted by Gasteiger charge is 2.31. The molecule has 1 aromatic heterocycles. The zero-order valence-electron chi connectivity index (χ0n) is 9.76. The molecule has 6 nitrogen and oxygen atoms in total. The number of imidazole rings is 1. The van der Waals surface area contributed by atoms with Crippen molar-refractivity contribution < 1.29 is 9.90 Å². The van der Waals surface area contributed by atoms with Crippen LogP contribution in [-0.4, -0.2) is 45.7 Å². The van der Waals surface area contributed by atoms with E-state index in [1.807, 2.05) is 24.3 Å². The lowest BCUT2D eigenvalue weighted by atomic mass is 10.0. The third-order valence-corrected chi connectivity index (χ3v) is 3.10. The van der Waals surface area contributed by atoms with Crippen LogP contribution >= 0.6 is 0 Å². The maximum Gasteiger partial charge on any atom is 0.259 e. The number of para-hydroxylation sites is 2. The number of nitrogens with zero attached hydrogens (tertiary/aromatic N) is 2. The predicted octanol–water partition coefficient (Wildman–Crippen LogP) is -0.0144. The number of carbonyl (C=O) groups is 1. The summed E-state index contributed by atoms with van der Waals surface area (Å²) in [5.41, 5.74) is 4.60. The highest BCUT2D eigenvalue weighted by molar-refractivity contribution is 5.76. The van der Waals surface area contributed by atoms with Gasteiger partial charge in [-0.15, -0.1) is 0 Å². The number of rotatable bonds is 3. The number of nitrogens with one attached hydrogen (secondary N) is 2. The number of H-pyrrole nitrogens is 1. The molecule has 3 rings (SSSR count). The number of aromatic nitrogens is 2. The van der Waals surface area contributed by atoms with Crippen LogP contribution in [0.2, 0.25) is 0 Å². The molecule has 18 heavy (non-hydrogen) atoms. The number of fused-ring (bicyclic) bond motifs is 1. The second kappa shape index (κ2) is 4.40. The number of amides is 1. The van der Waals surface area contributed by atoms with Crippen LogP contribution in [-0.2, 0) is 4.79 Å². The number of aliphatic hydroxyl groups excluding tert-OH is 1. The van der Waals surface area contributed by atoms with Gasteiger partial charge in [-0.25, -0.2) is 9.99 Å². The summed E-state index contributed by atoms with van der Waals surface area (Å²) in [6.45, 7) is 0.947. The first kappa shape index (κ1) is 11.2. The third kappa shape index (κ3) is 1.96. The molecular formula is C12H14N4O2. The fourth-order valence-electron chi connectivity index (χ4n) is 2.12. The highest BCUT2D eigenvalue weighted by atomic mass is 16.3. The maximum atomic E-state index is 11.0. The molecule has 3 N–H and O–H groups in total. The summed E-state index contributed by atoms with van der Waals surface area (Å²) in [7, 11) is 0. The average molecular weight is 246 g/mol. The molecule has 6 heteroatoms. The Morgan fingerprint density at radius 2 is 2.28 bits per heavy atom. The lowest BCUT2D eigenvalue weighted by Crippen LogP contribution is -2.55. The smallest absolute Gasteiger partial charge is 0.259 e. The zero-order chi connectivity index (χ0) is 12.5. The van der Waals surface area contributed by atoms with Crippen molar-refractivity contribution in [3.05, 3.63) is 30.1 Å². The molecule has 1 aliphatic rings. The topological polar surface area (TPSA) is 81.2 Å². The van der Waals surface area contributed by atoms with Crippen LogP contribution in [0.1, 0.15) is 11.7 Å². The number of hydrazine groups is 1. The van der Waals surface area contributed by atoms with Crippen LogP contribution in [0.25, 0.3) is 11.0 Å². The van der Waals surface area contributed by atoms with Crippen LogP contribution in [0.5, 0.6) is 0 Å². The number of carbonyl (C=O) groups excluding carboxylic acids is 1. The van der Waals surface area contributed by atoms with Crippen molar-refractivity contribution in [2.24, 2.45) is 0 Å². The third-order valence-electron chi connectivity index (χ3n) is 3.10. The van der Waals surface area contributed by atoms with E-state index in [9.17, 15) is 4.79 Å². The Balaban J connectivity index is 1.66. The van der Waals surface area contributed by atoms with Gasteiger partial charge >= 0.3 is 0 Å². The highest BCUT2D eigenvalue weighted by Crippen LogP contribution is 2.25. The Labute approximate surface area is 104 Å². The van der Waals surface area contributed by atoms with Crippen molar-refractivity contribution in [2.45, 2.75) is 5.92 Å². The van der Waals surface area contributed by atoms with Gasteiger partial charge in [-0.05, 0) is 12.1 Å². The van der Waals surface area contributed by atoms with Gasteiger partial charge in [0.25, 0.3) is 5.91 Å². The largest absolute Gasteiger partial charge is 0.386 e. The fourth-order valence-corrected chi connectivity index (χ4v) is 2.12. The second-order valence-corrected chi connectivity index (χ2v) is 4.43. The standard InChI is InChI=1S/C12H14N4O2/c17-7-11(18)15-16-5-8(6-16)12-13-9-3-1-2-4-10(9)14-12/h1-4,8,17H,5-7H2,(H,13,14)(H,15,18). The number of hydrogen-bond acceptors (Lipinski definition) is 4. The van der Waals surface area contributed by atoms with E-state index in [4.69, 9.17) is 5.11 Å². The minimum absolute atomic E-state index is 0.302. The number of benzene rings is 1. The second-order valence-electron chi connectivity index (χ2n) is 4.43. The summed E-state index contributed by atoms with van der Waals surface area (Å²) >= 11 is 0. The summed E-state index contributed by atoms with van der Waals surface area (Å²) in [6.07, 6.45) is 0. The summed E-state index contributed by atoms with van der Waals surface area (Å²) in [5.74, 6) is 0.875. The van der Waals surface area contributed by atoms with Crippen molar-refractivity contribution in [3.8, 4) is 0 Å². The molecule has 0 saturated carbocycles. The lowest BCUT2D eigenvalue weighted by Gasteiger charge is -2.37. The average Bonchev–Trinajstić information content (AvgIpc) is 2.75. The molecule has 1 aromatic carbocycles. The van der Waals surface area contributed by atoms with Crippen LogP contribution in [0.3, 0.4) is 0 Å². The molecule has 1 fully saturated rings. The molecule has 1 saturated heterocycles. The summed E-state index contributed by atoms with van der Waals surface area (Å²) in [6, 6.07) is 7.90. The maximum absolute atomic E-state index is 11.0. The Hall–Kier alpha value is -1.92. The van der Waals surface area contributed by atoms with Crippen LogP contribution in [0, 0.1) is 0 Å². The van der Waals surface area contributed by atoms with Gasteiger partial charge in [0.2, 0.25) is 0 Å². The Morgan fingerprint density at radius 3 is 3.00 bits per heavy atom. The molecule has 0 radical (unpaired) electrons. The molecule has 94 valence electrons. The van der Waals surface area contributed by atoms with E-state index in [1.165, 1.54) is 0 Å². The van der Waals surface area contributed by atoms with Gasteiger partial charge < -0.3 is 10.1 Å². The molecule has 0 aliphatic carbocycles. The summed E-state index contributed by atoms with van der Waals surface area (Å²) in [5, 5.41) is 10.4. The molecule has 0 spiro atoms. The number of aromatic amines is 1. The van der Waals surface area contributed by atoms with E-state index in [0.717, 1.165) is 16.9 Å². The Bertz CT molecular complexity index is 541. The SMILES string of the molecule is O=C(CO)NN1CC(c2nc3ccccc3[nH]2)C1. The predicted molar refractivity (Wildman–Crippen MR) is 65.6 cm³/mol. The Kier molecular flexibility index (Phi) is 2.73. The molecule has 0 bridgehead atoms. The molecule has 1 aliphatic heterocycles. The first-order valence-electron chi connectivity index (χ1n) is 5.86. The van der Waals surface area contributed by atoms with Crippen molar-refractivity contribution in [1.82, 2.24) is 20.4 Å². The first-order chi connectivity index (χ1) is 8.76. The zero-order valence-corrected chi connectivity index (χ0v) is 9.76. The first-order valence-corrected chi connectivity index (χ1v) is 5.86. The van der Waals surface area contributed by atoms with E-state index >= 15 is 0 Å². The van der Waals surface area contributed by atoms with Gasteiger partial charge in [-0.1, -0.05) is 12.1 Å². The van der Waals surface area contributed by atoms with Gasteiger partial charge in [0.05, 0.1) is 11.0 Å². The van der Waals surface area contributed by atoms with Crippen molar-refractivity contribution in [3.63, 3.8) is 0 Å². The molecule has 2 aromatic rings. The number of hydrogen-bond donors (Lipinski definition) is 3. The van der Waals surface area contributed by atoms with Gasteiger partial charge in [0.15, 0.2) is 0 Å². The van der Waals surface area contributed by atoms with Crippen LogP contribution in [0.4, 0.5) is 0 Å². The van der Waals surface area contributed by atoms with E-state index in [2.05, 4.69) is 15.4 Å². The minimum Gasteiger partial charge on any atom is -0.386 e. The molecule has 1 amide bonds. The van der Waals surface area contributed by atoms with Gasteiger partial charge in [0.1, 0.15) is 12.4 Å². The molecular weight excluding hydrogens is 232 g/mol. The van der Waals surface area contributed by atoms with E-state index in [0.29, 0.717) is 19.0 Å². The van der Waals surface area contributed by atoms with Gasteiger partial charge in [-0.3, -0.25) is 10.2 Å². The van der Waals surface area contributed by atoms with Crippen molar-refractivity contribution >= 4 is 16.9 Å². The summed E-state index contributed by atoms with van der Waals surface area (Å²) in [4.78, 5) is 18.8. The van der Waals surface area contributed by atoms with E-state index in [-0.39, 0.29) is 5.91 Å². The quantitative estimate of drug-likeness (QED) is 0.711. The molecule has 2 heterocycles. The fraction of sp³-hybridized carbons (Fsp3) is 0.333. The van der Waals surface area contributed by atoms with Crippen molar-refractivity contribution in [1.29, 1.82) is 0 Å². The normalized spacial score (nSPS) is 16.7. The van der Waals surface area contributed by atoms with Crippen LogP contribution < -0.4 is 5.43 Å². The van der Waals surface area contributed by atoms with Gasteiger partial charge in [0, 0.05) is 19.0 Å². The summed E-state index contributed by atoms with van der Waals surface area (Å²) < 4.78 is 0. The Morgan fingerprint density at radius 1 is 1.50 bits per heavy atom.